The van der Waals surface area contributed by atoms with Gasteiger partial charge in [-0.3, -0.25) is 0 Å². The zero-order valence-corrected chi connectivity index (χ0v) is 9.45. The van der Waals surface area contributed by atoms with E-state index in [1.54, 1.807) is 0 Å². The number of hydrogen-bond donors (Lipinski definition) is 0. The molecule has 0 spiro atoms. The Kier molecular flexibility index (Phi) is 2.31. The van der Waals surface area contributed by atoms with Gasteiger partial charge in [0.2, 0.25) is 6.79 Å². The Morgan fingerprint density at radius 2 is 1.93 bits per heavy atom. The van der Waals surface area contributed by atoms with E-state index in [9.17, 15) is 0 Å². The molecule has 0 radical (unpaired) electrons. The van der Waals surface area contributed by atoms with E-state index in [1.807, 2.05) is 12.1 Å². The van der Waals surface area contributed by atoms with Crippen LogP contribution >= 0.6 is 15.9 Å². The molecule has 2 heterocycles. The second-order valence-corrected chi connectivity index (χ2v) is 4.23. The van der Waals surface area contributed by atoms with E-state index in [0.29, 0.717) is 13.4 Å². The van der Waals surface area contributed by atoms with E-state index in [-0.39, 0.29) is 12.9 Å². The molecule has 2 aliphatic rings. The molecule has 0 amide bonds. The van der Waals surface area contributed by atoms with Crippen molar-refractivity contribution in [1.82, 2.24) is 0 Å². The van der Waals surface area contributed by atoms with Gasteiger partial charge in [0.15, 0.2) is 11.5 Å². The minimum atomic E-state index is -0.0196. The van der Waals surface area contributed by atoms with Crippen LogP contribution in [0.25, 0.3) is 0 Å². The van der Waals surface area contributed by atoms with Gasteiger partial charge in [0, 0.05) is 10.0 Å². The van der Waals surface area contributed by atoms with Crippen molar-refractivity contribution in [3.05, 3.63) is 22.2 Å². The van der Waals surface area contributed by atoms with Crippen LogP contribution in [0, 0.1) is 0 Å². The molecule has 1 aromatic rings. The van der Waals surface area contributed by atoms with Crippen molar-refractivity contribution < 1.29 is 18.9 Å². The van der Waals surface area contributed by atoms with Crippen molar-refractivity contribution in [2.24, 2.45) is 0 Å². The molecular formula is C10H9BrO4. The Labute approximate surface area is 95.2 Å². The van der Waals surface area contributed by atoms with Gasteiger partial charge in [0.05, 0.1) is 6.61 Å². The summed E-state index contributed by atoms with van der Waals surface area (Å²) in [5.41, 5.74) is 1.04. The molecule has 0 aromatic heterocycles. The summed E-state index contributed by atoms with van der Waals surface area (Å²) in [5, 5.41) is 0. The van der Waals surface area contributed by atoms with E-state index < -0.39 is 0 Å². The van der Waals surface area contributed by atoms with Crippen LogP contribution in [0.3, 0.4) is 0 Å². The predicted molar refractivity (Wildman–Crippen MR) is 54.9 cm³/mol. The monoisotopic (exact) mass is 272 g/mol. The summed E-state index contributed by atoms with van der Waals surface area (Å²) in [6, 6.07) is 3.84. The van der Waals surface area contributed by atoms with Crippen LogP contribution in [0.1, 0.15) is 11.7 Å². The van der Waals surface area contributed by atoms with E-state index in [4.69, 9.17) is 18.9 Å². The molecule has 3 rings (SSSR count). The molecule has 0 bridgehead atoms. The van der Waals surface area contributed by atoms with Crippen LogP contribution in [0.4, 0.5) is 0 Å². The smallest absolute Gasteiger partial charge is 0.231 e. The number of fused-ring (bicyclic) bond motifs is 1. The fourth-order valence-electron chi connectivity index (χ4n) is 1.69. The Morgan fingerprint density at radius 1 is 1.13 bits per heavy atom. The van der Waals surface area contributed by atoms with Crippen LogP contribution in [0.2, 0.25) is 0 Å². The van der Waals surface area contributed by atoms with E-state index in [1.165, 1.54) is 0 Å². The maximum Gasteiger partial charge on any atom is 0.231 e. The number of benzene rings is 1. The second kappa shape index (κ2) is 3.66. The Morgan fingerprint density at radius 3 is 2.67 bits per heavy atom. The molecule has 15 heavy (non-hydrogen) atoms. The summed E-state index contributed by atoms with van der Waals surface area (Å²) in [5.74, 6) is 1.54. The van der Waals surface area contributed by atoms with Gasteiger partial charge in [-0.1, -0.05) is 15.9 Å². The molecule has 2 aliphatic heterocycles. The molecule has 1 fully saturated rings. The van der Waals surface area contributed by atoms with Crippen LogP contribution in [-0.4, -0.2) is 20.2 Å². The molecule has 4 nitrogen and oxygen atoms in total. The van der Waals surface area contributed by atoms with Crippen molar-refractivity contribution in [2.45, 2.75) is 6.10 Å². The first-order chi connectivity index (χ1) is 7.34. The molecule has 1 aromatic carbocycles. The maximum atomic E-state index is 5.43. The lowest BCUT2D eigenvalue weighted by atomic mass is 10.1. The van der Waals surface area contributed by atoms with E-state index >= 15 is 0 Å². The second-order valence-electron chi connectivity index (χ2n) is 3.37. The highest BCUT2D eigenvalue weighted by Gasteiger charge is 2.24. The van der Waals surface area contributed by atoms with Gasteiger partial charge >= 0.3 is 0 Å². The standard InChI is InChI=1S/C10H9BrO4/c11-7-2-9-8(14-5-15-9)1-6(7)10-3-12-4-13-10/h1-2,10H,3-5H2. The molecule has 0 N–H and O–H groups in total. The highest BCUT2D eigenvalue weighted by Crippen LogP contribution is 2.40. The minimum absolute atomic E-state index is 0.0196. The SMILES string of the molecule is Brc1cc2c(cc1C1COCO1)OCO2. The average molecular weight is 273 g/mol. The number of rotatable bonds is 1. The number of halogens is 1. The number of hydrogen-bond acceptors (Lipinski definition) is 4. The molecule has 80 valence electrons. The normalized spacial score (nSPS) is 23.4. The van der Waals surface area contributed by atoms with Gasteiger partial charge < -0.3 is 18.9 Å². The van der Waals surface area contributed by atoms with Crippen molar-refractivity contribution in [2.75, 3.05) is 20.2 Å². The fourth-order valence-corrected chi connectivity index (χ4v) is 2.27. The molecule has 1 unspecified atom stereocenters. The third kappa shape index (κ3) is 1.60. The summed E-state index contributed by atoms with van der Waals surface area (Å²) < 4.78 is 22.1. The van der Waals surface area contributed by atoms with Gasteiger partial charge in [-0.2, -0.15) is 0 Å². The Balaban J connectivity index is 2.00. The Hall–Kier alpha value is -0.780. The van der Waals surface area contributed by atoms with Gasteiger partial charge in [-0.15, -0.1) is 0 Å². The van der Waals surface area contributed by atoms with E-state index in [0.717, 1.165) is 21.5 Å². The van der Waals surface area contributed by atoms with Gasteiger partial charge in [-0.05, 0) is 12.1 Å². The largest absolute Gasteiger partial charge is 0.454 e. The fraction of sp³-hybridized carbons (Fsp3) is 0.400. The Bertz CT molecular complexity index is 387. The summed E-state index contributed by atoms with van der Waals surface area (Å²) in [6.07, 6.45) is -0.0196. The lowest BCUT2D eigenvalue weighted by molar-refractivity contribution is 0.0463. The van der Waals surface area contributed by atoms with Crippen LogP contribution < -0.4 is 9.47 Å². The quantitative estimate of drug-likeness (QED) is 0.786. The van der Waals surface area contributed by atoms with Gasteiger partial charge in [0.1, 0.15) is 12.9 Å². The van der Waals surface area contributed by atoms with Crippen LogP contribution in [-0.2, 0) is 9.47 Å². The summed E-state index contributed by atoms with van der Waals surface area (Å²) in [4.78, 5) is 0. The lowest BCUT2D eigenvalue weighted by Gasteiger charge is -2.10. The van der Waals surface area contributed by atoms with Gasteiger partial charge in [-0.25, -0.2) is 0 Å². The molecule has 1 saturated heterocycles. The van der Waals surface area contributed by atoms with Crippen molar-refractivity contribution >= 4 is 15.9 Å². The number of ether oxygens (including phenoxy) is 4. The average Bonchev–Trinajstić information content (AvgIpc) is 2.85. The first-order valence-corrected chi connectivity index (χ1v) is 5.42. The molecular weight excluding hydrogens is 264 g/mol. The topological polar surface area (TPSA) is 36.9 Å². The predicted octanol–water partition coefficient (Wildman–Crippen LogP) is 2.22. The molecule has 5 heteroatoms. The van der Waals surface area contributed by atoms with Crippen LogP contribution in [0.15, 0.2) is 16.6 Å². The van der Waals surface area contributed by atoms with Crippen molar-refractivity contribution in [3.63, 3.8) is 0 Å². The zero-order valence-electron chi connectivity index (χ0n) is 7.86. The summed E-state index contributed by atoms with van der Waals surface area (Å²) in [6.45, 7) is 1.22. The zero-order chi connectivity index (χ0) is 10.3. The molecule has 0 aliphatic carbocycles. The lowest BCUT2D eigenvalue weighted by Crippen LogP contribution is -2.00. The third-order valence-corrected chi connectivity index (χ3v) is 3.15. The third-order valence-electron chi connectivity index (χ3n) is 2.46. The maximum absolute atomic E-state index is 5.43. The molecule has 1 atom stereocenters. The van der Waals surface area contributed by atoms with Crippen molar-refractivity contribution in [1.29, 1.82) is 0 Å². The van der Waals surface area contributed by atoms with Crippen molar-refractivity contribution in [3.8, 4) is 11.5 Å². The summed E-state index contributed by atoms with van der Waals surface area (Å²) in [7, 11) is 0. The summed E-state index contributed by atoms with van der Waals surface area (Å²) >= 11 is 3.49. The first-order valence-electron chi connectivity index (χ1n) is 4.63. The minimum Gasteiger partial charge on any atom is -0.454 e. The van der Waals surface area contributed by atoms with E-state index in [2.05, 4.69) is 15.9 Å². The molecule has 0 saturated carbocycles. The highest BCUT2D eigenvalue weighted by atomic mass is 79.9. The first kappa shape index (κ1) is 9.45. The van der Waals surface area contributed by atoms with Gasteiger partial charge in [0.25, 0.3) is 0 Å². The van der Waals surface area contributed by atoms with Crippen LogP contribution in [0.5, 0.6) is 11.5 Å². The highest BCUT2D eigenvalue weighted by molar-refractivity contribution is 9.10.